The van der Waals surface area contributed by atoms with Gasteiger partial charge in [0.1, 0.15) is 6.04 Å². The number of halogens is 6. The Morgan fingerprint density at radius 1 is 0.833 bits per heavy atom. The van der Waals surface area contributed by atoms with Crippen molar-refractivity contribution in [2.45, 2.75) is 24.8 Å². The molecule has 4 aromatic rings. The molecule has 186 valence electrons. The molecule has 3 aromatic carbocycles. The minimum Gasteiger partial charge on any atom is -0.340 e. The summed E-state index contributed by atoms with van der Waals surface area (Å²) >= 11 is 0. The summed E-state index contributed by atoms with van der Waals surface area (Å²) in [6.45, 7) is 0. The van der Waals surface area contributed by atoms with E-state index in [1.54, 1.807) is 30.3 Å². The van der Waals surface area contributed by atoms with Gasteiger partial charge in [0.05, 0.1) is 11.1 Å². The lowest BCUT2D eigenvalue weighted by Crippen LogP contribution is -2.30. The number of carbonyl (C=O) groups excluding carboxylic acids is 1. The standard InChI is InChI=1S/C25H17F6N3O2/c26-24(27,28)18-11-9-16(10-12-18)22(35)32-20(13-15-5-2-1-3-6-15)23-33-21(34-36-23)17-7-4-8-19(14-17)25(29,30)31/h1-12,14,20H,13H2,(H,32,35). The van der Waals surface area contributed by atoms with Crippen molar-refractivity contribution in [2.75, 3.05) is 0 Å². The van der Waals surface area contributed by atoms with Gasteiger partial charge in [-0.1, -0.05) is 47.6 Å². The number of amides is 1. The number of hydrogen-bond acceptors (Lipinski definition) is 4. The van der Waals surface area contributed by atoms with Crippen LogP contribution in [0.5, 0.6) is 0 Å². The number of aromatic nitrogens is 2. The quantitative estimate of drug-likeness (QED) is 0.304. The molecule has 0 aliphatic heterocycles. The molecule has 0 spiro atoms. The molecule has 0 radical (unpaired) electrons. The van der Waals surface area contributed by atoms with Crippen molar-refractivity contribution in [3.05, 3.63) is 107 Å². The minimum atomic E-state index is -4.56. The Kier molecular flexibility index (Phi) is 6.82. The Bertz CT molecular complexity index is 1330. The van der Waals surface area contributed by atoms with Crippen LogP contribution in [0.25, 0.3) is 11.4 Å². The van der Waals surface area contributed by atoms with E-state index in [2.05, 4.69) is 15.5 Å². The predicted octanol–water partition coefficient (Wildman–Crippen LogP) is 6.49. The fourth-order valence-corrected chi connectivity index (χ4v) is 3.43. The van der Waals surface area contributed by atoms with E-state index >= 15 is 0 Å². The molecule has 11 heteroatoms. The molecule has 0 aliphatic rings. The maximum Gasteiger partial charge on any atom is 0.416 e. The molecule has 1 amide bonds. The van der Waals surface area contributed by atoms with Gasteiger partial charge in [-0.3, -0.25) is 4.79 Å². The van der Waals surface area contributed by atoms with Crippen LogP contribution in [0, 0.1) is 0 Å². The second-order valence-corrected chi connectivity index (χ2v) is 7.83. The van der Waals surface area contributed by atoms with Crippen LogP contribution in [0.2, 0.25) is 0 Å². The van der Waals surface area contributed by atoms with Crippen LogP contribution in [-0.4, -0.2) is 16.0 Å². The summed E-state index contributed by atoms with van der Waals surface area (Å²) in [7, 11) is 0. The molecule has 0 bridgehead atoms. The maximum atomic E-state index is 13.1. The molecule has 1 N–H and O–H groups in total. The molecule has 4 rings (SSSR count). The van der Waals surface area contributed by atoms with Crippen molar-refractivity contribution in [3.8, 4) is 11.4 Å². The van der Waals surface area contributed by atoms with Crippen molar-refractivity contribution >= 4 is 5.91 Å². The van der Waals surface area contributed by atoms with Gasteiger partial charge in [-0.05, 0) is 42.0 Å². The van der Waals surface area contributed by atoms with Gasteiger partial charge in [0.25, 0.3) is 5.91 Å². The van der Waals surface area contributed by atoms with Crippen molar-refractivity contribution in [3.63, 3.8) is 0 Å². The fourth-order valence-electron chi connectivity index (χ4n) is 3.43. The van der Waals surface area contributed by atoms with E-state index in [1.807, 2.05) is 0 Å². The fraction of sp³-hybridized carbons (Fsp3) is 0.160. The first-order chi connectivity index (χ1) is 17.0. The molecule has 0 saturated carbocycles. The van der Waals surface area contributed by atoms with Crippen LogP contribution < -0.4 is 5.32 Å². The lowest BCUT2D eigenvalue weighted by Gasteiger charge is -2.16. The number of nitrogens with zero attached hydrogens (tertiary/aromatic N) is 2. The SMILES string of the molecule is O=C(NC(Cc1ccccc1)c1nc(-c2cccc(C(F)(F)F)c2)no1)c1ccc(C(F)(F)F)cc1. The highest BCUT2D eigenvalue weighted by Crippen LogP contribution is 2.32. The van der Waals surface area contributed by atoms with E-state index < -0.39 is 35.4 Å². The molecule has 0 aliphatic carbocycles. The number of hydrogen-bond donors (Lipinski definition) is 1. The van der Waals surface area contributed by atoms with Crippen LogP contribution in [0.1, 0.15) is 39.0 Å². The van der Waals surface area contributed by atoms with E-state index in [0.717, 1.165) is 42.0 Å². The number of nitrogens with one attached hydrogen (secondary N) is 1. The highest BCUT2D eigenvalue weighted by molar-refractivity contribution is 5.94. The zero-order valence-corrected chi connectivity index (χ0v) is 18.3. The van der Waals surface area contributed by atoms with E-state index in [0.29, 0.717) is 0 Å². The van der Waals surface area contributed by atoms with Gasteiger partial charge in [-0.15, -0.1) is 0 Å². The first-order valence-electron chi connectivity index (χ1n) is 10.5. The third-order valence-electron chi connectivity index (χ3n) is 5.25. The maximum absolute atomic E-state index is 13.1. The van der Waals surface area contributed by atoms with Crippen LogP contribution >= 0.6 is 0 Å². The second-order valence-electron chi connectivity index (χ2n) is 7.83. The van der Waals surface area contributed by atoms with Crippen molar-refractivity contribution in [2.24, 2.45) is 0 Å². The van der Waals surface area contributed by atoms with Gasteiger partial charge in [0, 0.05) is 17.5 Å². The lowest BCUT2D eigenvalue weighted by atomic mass is 10.0. The van der Waals surface area contributed by atoms with Gasteiger partial charge in [0.15, 0.2) is 0 Å². The number of carbonyl (C=O) groups is 1. The molecule has 0 saturated heterocycles. The van der Waals surface area contributed by atoms with Gasteiger partial charge < -0.3 is 9.84 Å². The summed E-state index contributed by atoms with van der Waals surface area (Å²) in [6, 6.07) is 16.0. The van der Waals surface area contributed by atoms with Gasteiger partial charge >= 0.3 is 12.4 Å². The average Bonchev–Trinajstić information content (AvgIpc) is 3.34. The third kappa shape index (κ3) is 5.91. The summed E-state index contributed by atoms with van der Waals surface area (Å²) in [4.78, 5) is 17.0. The van der Waals surface area contributed by atoms with Crippen molar-refractivity contribution in [1.82, 2.24) is 15.5 Å². The minimum absolute atomic E-state index is 0.0290. The zero-order chi connectivity index (χ0) is 25.9. The Balaban J connectivity index is 1.61. The van der Waals surface area contributed by atoms with Crippen LogP contribution in [0.3, 0.4) is 0 Å². The normalized spacial score (nSPS) is 12.8. The summed E-state index contributed by atoms with van der Waals surface area (Å²) in [5.74, 6) is -0.882. The van der Waals surface area contributed by atoms with Crippen LogP contribution in [0.4, 0.5) is 26.3 Å². The van der Waals surface area contributed by atoms with Crippen molar-refractivity contribution in [1.29, 1.82) is 0 Å². The molecule has 1 aromatic heterocycles. The lowest BCUT2D eigenvalue weighted by molar-refractivity contribution is -0.138. The summed E-state index contributed by atoms with van der Waals surface area (Å²) < 4.78 is 83.0. The number of benzene rings is 3. The molecular weight excluding hydrogens is 488 g/mol. The third-order valence-corrected chi connectivity index (χ3v) is 5.25. The first kappa shape index (κ1) is 25.0. The van der Waals surface area contributed by atoms with E-state index in [9.17, 15) is 31.1 Å². The van der Waals surface area contributed by atoms with Crippen molar-refractivity contribution < 1.29 is 35.7 Å². The van der Waals surface area contributed by atoms with E-state index in [4.69, 9.17) is 4.52 Å². The topological polar surface area (TPSA) is 68.0 Å². The predicted molar refractivity (Wildman–Crippen MR) is 117 cm³/mol. The van der Waals surface area contributed by atoms with Gasteiger partial charge in [-0.2, -0.15) is 31.3 Å². The van der Waals surface area contributed by atoms with Crippen LogP contribution in [-0.2, 0) is 18.8 Å². The molecule has 1 unspecified atom stereocenters. The Morgan fingerprint density at radius 2 is 1.50 bits per heavy atom. The average molecular weight is 505 g/mol. The number of rotatable bonds is 6. The van der Waals surface area contributed by atoms with Gasteiger partial charge in [0.2, 0.25) is 11.7 Å². The molecule has 36 heavy (non-hydrogen) atoms. The molecular formula is C25H17F6N3O2. The highest BCUT2D eigenvalue weighted by Gasteiger charge is 2.32. The van der Waals surface area contributed by atoms with Crippen LogP contribution in [0.15, 0.2) is 83.4 Å². The molecule has 1 atom stereocenters. The second kappa shape index (κ2) is 9.84. The summed E-state index contributed by atoms with van der Waals surface area (Å²) in [5.41, 5.74) is -0.981. The first-order valence-corrected chi connectivity index (χ1v) is 10.5. The van der Waals surface area contributed by atoms with Gasteiger partial charge in [-0.25, -0.2) is 0 Å². The highest BCUT2D eigenvalue weighted by atomic mass is 19.4. The van der Waals surface area contributed by atoms with E-state index in [1.165, 1.54) is 12.1 Å². The Hall–Kier alpha value is -4.15. The zero-order valence-electron chi connectivity index (χ0n) is 18.3. The largest absolute Gasteiger partial charge is 0.416 e. The molecule has 5 nitrogen and oxygen atoms in total. The summed E-state index contributed by atoms with van der Waals surface area (Å²) in [5, 5.41) is 6.42. The number of alkyl halides is 6. The smallest absolute Gasteiger partial charge is 0.340 e. The molecule has 1 heterocycles. The summed E-state index contributed by atoms with van der Waals surface area (Å²) in [6.07, 6.45) is -8.93. The molecule has 0 fully saturated rings. The van der Waals surface area contributed by atoms with E-state index in [-0.39, 0.29) is 29.3 Å². The Labute approximate surface area is 200 Å². The monoisotopic (exact) mass is 505 g/mol. The Morgan fingerprint density at radius 3 is 2.14 bits per heavy atom.